The van der Waals surface area contributed by atoms with Crippen LogP contribution in [0.3, 0.4) is 0 Å². The summed E-state index contributed by atoms with van der Waals surface area (Å²) in [5, 5.41) is 16.6. The largest absolute Gasteiger partial charge is 0.386 e. The number of likely N-dealkylation sites (tertiary alicyclic amines) is 1. The summed E-state index contributed by atoms with van der Waals surface area (Å²) in [5.41, 5.74) is 6.32. The fourth-order valence-electron chi connectivity index (χ4n) is 6.81. The minimum atomic E-state index is -1.18. The molecule has 1 aliphatic rings. The van der Waals surface area contributed by atoms with Gasteiger partial charge in [-0.25, -0.2) is 0 Å². The highest BCUT2D eigenvalue weighted by Crippen LogP contribution is 2.32. The number of ether oxygens (including phenoxy) is 2. The van der Waals surface area contributed by atoms with Crippen molar-refractivity contribution in [2.24, 2.45) is 17.6 Å². The molecule has 0 aromatic heterocycles. The molecule has 2 aromatic carbocycles. The number of carbonyl (C=O) groups excluding carboxylic acids is 4. The Bertz CT molecular complexity index is 1430. The predicted molar refractivity (Wildman–Crippen MR) is 196 cm³/mol. The molecule has 12 heteroatoms. The Labute approximate surface area is 303 Å². The lowest BCUT2D eigenvalue weighted by atomic mass is 9.92. The SMILES string of the molecule is COC(CC(=O)N1CCCC1C(OC)C(C)C(=O)NC(C)C(O)c1ccccc1)C(c1ccccc1)N(C)C(=O)C(NC(=O)C(C)(C)N)C(C)C. The monoisotopic (exact) mass is 709 g/mol. The van der Waals surface area contributed by atoms with E-state index in [1.807, 2.05) is 74.5 Å². The summed E-state index contributed by atoms with van der Waals surface area (Å²) < 4.78 is 11.9. The van der Waals surface area contributed by atoms with Crippen LogP contribution in [0, 0.1) is 11.8 Å². The van der Waals surface area contributed by atoms with Gasteiger partial charge in [0.1, 0.15) is 6.04 Å². The highest BCUT2D eigenvalue weighted by atomic mass is 16.5. The van der Waals surface area contributed by atoms with E-state index in [-0.39, 0.29) is 36.1 Å². The molecule has 5 N–H and O–H groups in total. The Morgan fingerprint density at radius 2 is 1.51 bits per heavy atom. The summed E-state index contributed by atoms with van der Waals surface area (Å²) in [7, 11) is 4.71. The van der Waals surface area contributed by atoms with E-state index in [1.54, 1.807) is 44.5 Å². The van der Waals surface area contributed by atoms with E-state index < -0.39 is 53.8 Å². The van der Waals surface area contributed by atoms with Crippen LogP contribution in [0.1, 0.15) is 84.1 Å². The normalized spacial score (nSPS) is 19.0. The number of aliphatic hydroxyl groups is 1. The molecule has 12 nitrogen and oxygen atoms in total. The maximum Gasteiger partial charge on any atom is 0.245 e. The molecule has 3 rings (SSSR count). The van der Waals surface area contributed by atoms with Gasteiger partial charge < -0.3 is 40.7 Å². The Morgan fingerprint density at radius 3 is 2.02 bits per heavy atom. The summed E-state index contributed by atoms with van der Waals surface area (Å²) in [6, 6.07) is 16.1. The molecule has 0 radical (unpaired) electrons. The zero-order valence-corrected chi connectivity index (χ0v) is 31.7. The Balaban J connectivity index is 1.81. The second-order valence-corrected chi connectivity index (χ2v) is 14.6. The molecule has 1 fully saturated rings. The van der Waals surface area contributed by atoms with Crippen molar-refractivity contribution >= 4 is 23.6 Å². The van der Waals surface area contributed by atoms with Crippen LogP contribution in [-0.4, -0.2) is 102 Å². The smallest absolute Gasteiger partial charge is 0.245 e. The zero-order valence-electron chi connectivity index (χ0n) is 31.7. The quantitative estimate of drug-likeness (QED) is 0.194. The van der Waals surface area contributed by atoms with Crippen molar-refractivity contribution in [3.05, 3.63) is 71.8 Å². The lowest BCUT2D eigenvalue weighted by molar-refractivity contribution is -0.146. The second-order valence-electron chi connectivity index (χ2n) is 14.6. The molecule has 2 aromatic rings. The summed E-state index contributed by atoms with van der Waals surface area (Å²) in [5.74, 6) is -2.13. The van der Waals surface area contributed by atoms with Crippen LogP contribution in [-0.2, 0) is 28.7 Å². The van der Waals surface area contributed by atoms with E-state index >= 15 is 0 Å². The molecule has 282 valence electrons. The Kier molecular flexibility index (Phi) is 15.2. The maximum atomic E-state index is 14.2. The number of amides is 4. The first kappa shape index (κ1) is 41.6. The van der Waals surface area contributed by atoms with Gasteiger partial charge in [-0.1, -0.05) is 81.4 Å². The molecule has 1 saturated heterocycles. The van der Waals surface area contributed by atoms with E-state index in [0.29, 0.717) is 18.5 Å². The summed E-state index contributed by atoms with van der Waals surface area (Å²) in [4.78, 5) is 57.9. The van der Waals surface area contributed by atoms with Crippen LogP contribution in [0.4, 0.5) is 0 Å². The molecule has 1 heterocycles. The van der Waals surface area contributed by atoms with E-state index in [0.717, 1.165) is 12.0 Å². The number of benzene rings is 2. The van der Waals surface area contributed by atoms with Crippen molar-refractivity contribution in [2.45, 2.75) is 109 Å². The van der Waals surface area contributed by atoms with Gasteiger partial charge in [0.15, 0.2) is 0 Å². The van der Waals surface area contributed by atoms with Gasteiger partial charge in [-0.05, 0) is 50.7 Å². The molecular weight excluding hydrogens is 650 g/mol. The minimum Gasteiger partial charge on any atom is -0.386 e. The van der Waals surface area contributed by atoms with Crippen LogP contribution >= 0.6 is 0 Å². The topological polar surface area (TPSA) is 164 Å². The lowest BCUT2D eigenvalue weighted by Gasteiger charge is -2.39. The van der Waals surface area contributed by atoms with Crippen molar-refractivity contribution in [3.8, 4) is 0 Å². The van der Waals surface area contributed by atoms with E-state index in [9.17, 15) is 24.3 Å². The van der Waals surface area contributed by atoms with Gasteiger partial charge in [0.05, 0.1) is 54.3 Å². The van der Waals surface area contributed by atoms with Crippen LogP contribution in [0.2, 0.25) is 0 Å². The number of aliphatic hydroxyl groups excluding tert-OH is 1. The standard InChI is InChI=1S/C39H59N5O7/c1-24(2)32(42-38(49)39(5,6)40)37(48)43(7)33(27-17-12-10-13-18-27)30(50-8)23-31(45)44-22-16-21-29(44)35(51-9)25(3)36(47)41-26(4)34(46)28-19-14-11-15-20-28/h10-15,17-20,24-26,29-30,32-35,46H,16,21-23,40H2,1-9H3,(H,41,47)(H,42,49). The average molecular weight is 710 g/mol. The average Bonchev–Trinajstić information content (AvgIpc) is 3.59. The van der Waals surface area contributed by atoms with Crippen molar-refractivity contribution in [1.82, 2.24) is 20.4 Å². The number of rotatable bonds is 17. The van der Waals surface area contributed by atoms with Crippen molar-refractivity contribution in [2.75, 3.05) is 27.8 Å². The fourth-order valence-corrected chi connectivity index (χ4v) is 6.81. The number of methoxy groups -OCH3 is 2. The third-order valence-corrected chi connectivity index (χ3v) is 9.90. The van der Waals surface area contributed by atoms with Crippen LogP contribution in [0.25, 0.3) is 0 Å². The first-order chi connectivity index (χ1) is 24.0. The third kappa shape index (κ3) is 10.6. The minimum absolute atomic E-state index is 0.0456. The van der Waals surface area contributed by atoms with Gasteiger partial charge in [-0.2, -0.15) is 0 Å². The molecule has 0 spiro atoms. The Morgan fingerprint density at radius 1 is 0.941 bits per heavy atom. The molecular formula is C39H59N5O7. The molecule has 0 bridgehead atoms. The van der Waals surface area contributed by atoms with Crippen molar-refractivity contribution in [1.29, 1.82) is 0 Å². The second kappa shape index (κ2) is 18.6. The number of nitrogens with two attached hydrogens (primary N) is 1. The van der Waals surface area contributed by atoms with Crippen LogP contribution in [0.5, 0.6) is 0 Å². The summed E-state index contributed by atoms with van der Waals surface area (Å²) >= 11 is 0. The highest BCUT2D eigenvalue weighted by Gasteiger charge is 2.43. The predicted octanol–water partition coefficient (Wildman–Crippen LogP) is 3.35. The maximum absolute atomic E-state index is 14.2. The molecule has 1 aliphatic heterocycles. The lowest BCUT2D eigenvalue weighted by Crippen LogP contribution is -2.58. The van der Waals surface area contributed by atoms with Gasteiger partial charge in [-0.3, -0.25) is 19.2 Å². The first-order valence-electron chi connectivity index (χ1n) is 17.8. The molecule has 51 heavy (non-hydrogen) atoms. The van der Waals surface area contributed by atoms with Gasteiger partial charge in [0, 0.05) is 27.8 Å². The van der Waals surface area contributed by atoms with Crippen LogP contribution in [0.15, 0.2) is 60.7 Å². The number of hydrogen-bond acceptors (Lipinski definition) is 8. The van der Waals surface area contributed by atoms with E-state index in [4.69, 9.17) is 15.2 Å². The van der Waals surface area contributed by atoms with Crippen LogP contribution < -0.4 is 16.4 Å². The van der Waals surface area contributed by atoms with Gasteiger partial charge in [-0.15, -0.1) is 0 Å². The third-order valence-electron chi connectivity index (χ3n) is 9.90. The molecule has 8 atom stereocenters. The Hall–Kier alpha value is -3.84. The summed E-state index contributed by atoms with van der Waals surface area (Å²) in [6.45, 7) is 10.9. The number of nitrogens with one attached hydrogen (secondary N) is 2. The summed E-state index contributed by atoms with van der Waals surface area (Å²) in [6.07, 6.45) is -0.896. The zero-order chi connectivity index (χ0) is 38.0. The van der Waals surface area contributed by atoms with E-state index in [1.165, 1.54) is 14.2 Å². The highest BCUT2D eigenvalue weighted by molar-refractivity contribution is 5.91. The number of nitrogens with zero attached hydrogens (tertiary/aromatic N) is 2. The van der Waals surface area contributed by atoms with Gasteiger partial charge >= 0.3 is 0 Å². The van der Waals surface area contributed by atoms with Crippen molar-refractivity contribution in [3.63, 3.8) is 0 Å². The molecule has 0 saturated carbocycles. The first-order valence-corrected chi connectivity index (χ1v) is 17.8. The molecule has 4 amide bonds. The molecule has 0 aliphatic carbocycles. The van der Waals surface area contributed by atoms with Gasteiger partial charge in [0.2, 0.25) is 23.6 Å². The van der Waals surface area contributed by atoms with Crippen molar-refractivity contribution < 1.29 is 33.8 Å². The number of likely N-dealkylation sites (N-methyl/N-ethyl adjacent to an activating group) is 1. The molecule has 8 unspecified atom stereocenters. The number of hydrogen-bond donors (Lipinski definition) is 4. The number of carbonyl (C=O) groups is 4. The van der Waals surface area contributed by atoms with E-state index in [2.05, 4.69) is 10.6 Å². The fraction of sp³-hybridized carbons (Fsp3) is 0.590. The van der Waals surface area contributed by atoms with Gasteiger partial charge in [0.25, 0.3) is 0 Å².